The minimum absolute atomic E-state index is 0.0886. The SMILES string of the molecule is CC1(c2cc(CC(=O)c3cnc(Cl)cn3)cc(F)c2F)CCSC(N)=N1. The molecule has 26 heavy (non-hydrogen) atoms. The first-order chi connectivity index (χ1) is 12.3. The van der Waals surface area contributed by atoms with Crippen LogP contribution in [0, 0.1) is 11.6 Å². The van der Waals surface area contributed by atoms with E-state index in [4.69, 9.17) is 17.3 Å². The first kappa shape index (κ1) is 18.7. The number of amidine groups is 1. The molecule has 3 rings (SSSR count). The average Bonchev–Trinajstić information content (AvgIpc) is 2.58. The number of carbonyl (C=O) groups excluding carboxylic acids is 1. The second-order valence-electron chi connectivity index (χ2n) is 6.09. The molecule has 0 saturated carbocycles. The van der Waals surface area contributed by atoms with Crippen LogP contribution in [0.1, 0.15) is 35.0 Å². The van der Waals surface area contributed by atoms with Crippen LogP contribution < -0.4 is 5.73 Å². The van der Waals surface area contributed by atoms with E-state index < -0.39 is 17.2 Å². The van der Waals surface area contributed by atoms with Gasteiger partial charge in [0, 0.05) is 17.7 Å². The first-order valence-corrected chi connectivity index (χ1v) is 9.12. The Morgan fingerprint density at radius 2 is 2.12 bits per heavy atom. The number of ketones is 1. The summed E-state index contributed by atoms with van der Waals surface area (Å²) in [6, 6.07) is 2.47. The summed E-state index contributed by atoms with van der Waals surface area (Å²) in [5.41, 5.74) is 5.30. The van der Waals surface area contributed by atoms with Crippen LogP contribution in [0.15, 0.2) is 29.5 Å². The third-order valence-corrected chi connectivity index (χ3v) is 5.13. The Kier molecular flexibility index (Phi) is 5.24. The van der Waals surface area contributed by atoms with E-state index in [2.05, 4.69) is 15.0 Å². The summed E-state index contributed by atoms with van der Waals surface area (Å²) in [5, 5.41) is 0.492. The monoisotopic (exact) mass is 396 g/mol. The maximum Gasteiger partial charge on any atom is 0.187 e. The number of hydrogen-bond acceptors (Lipinski definition) is 6. The molecule has 1 aliphatic heterocycles. The highest BCUT2D eigenvalue weighted by molar-refractivity contribution is 8.13. The molecule has 1 aromatic carbocycles. The lowest BCUT2D eigenvalue weighted by atomic mass is 9.87. The van der Waals surface area contributed by atoms with Crippen LogP contribution in [-0.4, -0.2) is 26.7 Å². The molecular weight excluding hydrogens is 382 g/mol. The highest BCUT2D eigenvalue weighted by atomic mass is 35.5. The van der Waals surface area contributed by atoms with Gasteiger partial charge in [0.1, 0.15) is 10.8 Å². The third-order valence-electron chi connectivity index (χ3n) is 4.13. The van der Waals surface area contributed by atoms with Crippen LogP contribution in [0.2, 0.25) is 5.15 Å². The summed E-state index contributed by atoms with van der Waals surface area (Å²) in [6.07, 6.45) is 2.86. The standard InChI is InChI=1S/C17H15ClF2N4OS/c1-17(2-3-26-16(21)24-17)10-4-9(5-11(19)15(10)20)6-13(25)12-7-23-14(18)8-22-12/h4-5,7-8H,2-3,6H2,1H3,(H2,21,24). The molecule has 1 atom stereocenters. The van der Waals surface area contributed by atoms with Gasteiger partial charge in [-0.05, 0) is 31.0 Å². The van der Waals surface area contributed by atoms with Crippen LogP contribution in [-0.2, 0) is 12.0 Å². The lowest BCUT2D eigenvalue weighted by molar-refractivity contribution is 0.0987. The Morgan fingerprint density at radius 1 is 1.35 bits per heavy atom. The van der Waals surface area contributed by atoms with Crippen molar-refractivity contribution in [2.75, 3.05) is 5.75 Å². The second-order valence-corrected chi connectivity index (χ2v) is 7.59. The van der Waals surface area contributed by atoms with Crippen molar-refractivity contribution in [1.82, 2.24) is 9.97 Å². The fraction of sp³-hybridized carbons (Fsp3) is 0.294. The summed E-state index contributed by atoms with van der Waals surface area (Å²) in [7, 11) is 0. The van der Waals surface area contributed by atoms with Crippen molar-refractivity contribution in [3.8, 4) is 0 Å². The van der Waals surface area contributed by atoms with E-state index in [9.17, 15) is 13.6 Å². The maximum absolute atomic E-state index is 14.4. The highest BCUT2D eigenvalue weighted by Crippen LogP contribution is 2.37. The van der Waals surface area contributed by atoms with Gasteiger partial charge < -0.3 is 5.73 Å². The first-order valence-electron chi connectivity index (χ1n) is 7.76. The minimum atomic E-state index is -1.03. The topological polar surface area (TPSA) is 81.2 Å². The van der Waals surface area contributed by atoms with Crippen LogP contribution in [0.3, 0.4) is 0 Å². The van der Waals surface area contributed by atoms with Gasteiger partial charge in [-0.1, -0.05) is 23.4 Å². The molecule has 0 spiro atoms. The van der Waals surface area contributed by atoms with Gasteiger partial charge in [0.25, 0.3) is 0 Å². The average molecular weight is 397 g/mol. The van der Waals surface area contributed by atoms with Gasteiger partial charge >= 0.3 is 0 Å². The van der Waals surface area contributed by atoms with Crippen LogP contribution in [0.4, 0.5) is 8.78 Å². The van der Waals surface area contributed by atoms with Crippen molar-refractivity contribution in [1.29, 1.82) is 0 Å². The predicted molar refractivity (Wildman–Crippen MR) is 97.5 cm³/mol. The largest absolute Gasteiger partial charge is 0.379 e. The van der Waals surface area contributed by atoms with Gasteiger partial charge in [-0.3, -0.25) is 9.79 Å². The normalized spacial score (nSPS) is 19.9. The molecule has 2 aromatic rings. The van der Waals surface area contributed by atoms with Crippen LogP contribution in [0.25, 0.3) is 0 Å². The summed E-state index contributed by atoms with van der Waals surface area (Å²) >= 11 is 7.02. The van der Waals surface area contributed by atoms with Crippen LogP contribution >= 0.6 is 23.4 Å². The van der Waals surface area contributed by atoms with E-state index in [1.54, 1.807) is 6.92 Å². The summed E-state index contributed by atoms with van der Waals surface area (Å²) in [5.74, 6) is -1.73. The predicted octanol–water partition coefficient (Wildman–Crippen LogP) is 3.50. The lowest BCUT2D eigenvalue weighted by Crippen LogP contribution is -2.30. The molecule has 136 valence electrons. The van der Waals surface area contributed by atoms with E-state index in [1.165, 1.54) is 30.2 Å². The number of thioether (sulfide) groups is 1. The van der Waals surface area contributed by atoms with Gasteiger partial charge in [0.2, 0.25) is 0 Å². The number of aromatic nitrogens is 2. The molecule has 9 heteroatoms. The van der Waals surface area contributed by atoms with Crippen molar-refractivity contribution in [2.24, 2.45) is 10.7 Å². The fourth-order valence-corrected chi connectivity index (χ4v) is 3.82. The van der Waals surface area contributed by atoms with E-state index in [1.807, 2.05) is 0 Å². The van der Waals surface area contributed by atoms with Crippen molar-refractivity contribution in [3.05, 3.63) is 58.1 Å². The minimum Gasteiger partial charge on any atom is -0.379 e. The van der Waals surface area contributed by atoms with E-state index in [0.717, 1.165) is 6.07 Å². The third kappa shape index (κ3) is 3.86. The van der Waals surface area contributed by atoms with E-state index in [-0.39, 0.29) is 28.6 Å². The second kappa shape index (κ2) is 7.28. The van der Waals surface area contributed by atoms with Crippen LogP contribution in [0.5, 0.6) is 0 Å². The molecule has 0 bridgehead atoms. The number of nitrogens with two attached hydrogens (primary N) is 1. The number of halogens is 3. The molecule has 0 amide bonds. The molecular formula is C17H15ClF2N4OS. The molecule has 0 aliphatic carbocycles. The number of hydrogen-bond donors (Lipinski definition) is 1. The Bertz CT molecular complexity index is 891. The number of aliphatic imine (C=N–C) groups is 1. The van der Waals surface area contributed by atoms with Gasteiger partial charge in [-0.25, -0.2) is 18.7 Å². The lowest BCUT2D eigenvalue weighted by Gasteiger charge is -2.30. The highest BCUT2D eigenvalue weighted by Gasteiger charge is 2.33. The molecule has 1 unspecified atom stereocenters. The van der Waals surface area contributed by atoms with E-state index >= 15 is 0 Å². The zero-order chi connectivity index (χ0) is 18.9. The van der Waals surface area contributed by atoms with Crippen molar-refractivity contribution in [3.63, 3.8) is 0 Å². The maximum atomic E-state index is 14.4. The van der Waals surface area contributed by atoms with E-state index in [0.29, 0.717) is 22.9 Å². The van der Waals surface area contributed by atoms with Gasteiger partial charge in [0.15, 0.2) is 22.6 Å². The number of rotatable bonds is 4. The fourth-order valence-electron chi connectivity index (χ4n) is 2.75. The molecule has 1 aliphatic rings. The van der Waals surface area contributed by atoms with Gasteiger partial charge in [-0.15, -0.1) is 0 Å². The summed E-state index contributed by atoms with van der Waals surface area (Å²) < 4.78 is 28.6. The summed E-state index contributed by atoms with van der Waals surface area (Å²) in [6.45, 7) is 1.70. The van der Waals surface area contributed by atoms with Gasteiger partial charge in [-0.2, -0.15) is 0 Å². The smallest absolute Gasteiger partial charge is 0.187 e. The zero-order valence-electron chi connectivity index (χ0n) is 13.8. The van der Waals surface area contributed by atoms with Crippen molar-refractivity contribution in [2.45, 2.75) is 25.3 Å². The molecule has 2 heterocycles. The summed E-state index contributed by atoms with van der Waals surface area (Å²) in [4.78, 5) is 24.3. The Morgan fingerprint density at radius 3 is 2.77 bits per heavy atom. The number of carbonyl (C=O) groups is 1. The Balaban J connectivity index is 1.94. The molecule has 0 radical (unpaired) electrons. The molecule has 5 nitrogen and oxygen atoms in total. The number of Topliss-reactive ketones (excluding diaryl/α,β-unsaturated/α-hetero) is 1. The quantitative estimate of drug-likeness (QED) is 0.800. The molecule has 2 N–H and O–H groups in total. The zero-order valence-corrected chi connectivity index (χ0v) is 15.4. The number of benzene rings is 1. The Labute approximate surface area is 158 Å². The van der Waals surface area contributed by atoms with Gasteiger partial charge in [0.05, 0.1) is 17.9 Å². The Hall–Kier alpha value is -2.06. The van der Waals surface area contributed by atoms with Crippen molar-refractivity contribution >= 4 is 34.3 Å². The van der Waals surface area contributed by atoms with Crippen molar-refractivity contribution < 1.29 is 13.6 Å². The molecule has 1 aromatic heterocycles. The number of nitrogens with zero attached hydrogens (tertiary/aromatic N) is 3. The molecule has 0 fully saturated rings. The molecule has 0 saturated heterocycles.